The number of aromatic nitrogens is 1. The number of nitrogen functional groups attached to an aromatic ring is 1. The van der Waals surface area contributed by atoms with Gasteiger partial charge in [0.05, 0.1) is 11.8 Å². The molecule has 0 radical (unpaired) electrons. The van der Waals surface area contributed by atoms with Crippen LogP contribution in [0.2, 0.25) is 0 Å². The number of aliphatic hydroxyl groups excluding tert-OH is 1. The molecule has 1 aromatic rings. The second-order valence-electron chi connectivity index (χ2n) is 4.48. The largest absolute Gasteiger partial charge is 0.393 e. The summed E-state index contributed by atoms with van der Waals surface area (Å²) in [6.45, 7) is 3.37. The Hall–Kier alpha value is -1.49. The number of H-pyrrole nitrogens is 1. The average molecular weight is 237 g/mol. The monoisotopic (exact) mass is 237 g/mol. The average Bonchev–Trinajstić information content (AvgIpc) is 2.71. The summed E-state index contributed by atoms with van der Waals surface area (Å²) in [7, 11) is 0. The number of hydrogen-bond donors (Lipinski definition) is 3. The van der Waals surface area contributed by atoms with Crippen LogP contribution in [-0.2, 0) is 0 Å². The third-order valence-corrected chi connectivity index (χ3v) is 3.22. The van der Waals surface area contributed by atoms with E-state index in [-0.39, 0.29) is 11.9 Å². The van der Waals surface area contributed by atoms with Crippen molar-refractivity contribution in [1.82, 2.24) is 4.98 Å². The van der Waals surface area contributed by atoms with Crippen molar-refractivity contribution >= 4 is 17.3 Å². The molecule has 94 valence electrons. The number of hydrogen-bond acceptors (Lipinski definition) is 4. The Morgan fingerprint density at radius 1 is 1.59 bits per heavy atom. The normalized spacial score (nSPS) is 17.4. The van der Waals surface area contributed by atoms with Gasteiger partial charge in [0.15, 0.2) is 5.78 Å². The Bertz CT molecular complexity index is 406. The van der Waals surface area contributed by atoms with Crippen molar-refractivity contribution in [2.24, 2.45) is 0 Å². The van der Waals surface area contributed by atoms with Crippen LogP contribution in [0.1, 0.15) is 36.7 Å². The van der Waals surface area contributed by atoms with Gasteiger partial charge in [0.1, 0.15) is 11.5 Å². The standard InChI is InChI=1S/C12H19N3O2/c1-2-10(17)12-9(7-11(13)14-12)15-5-3-8(16)4-6-15/h7-8,14,16H,2-6,13H2,1H3. The number of nitrogens with one attached hydrogen (secondary N) is 1. The number of carbonyl (C=O) groups excluding carboxylic acids is 1. The van der Waals surface area contributed by atoms with Gasteiger partial charge in [-0.05, 0) is 12.8 Å². The molecular formula is C12H19N3O2. The molecule has 17 heavy (non-hydrogen) atoms. The highest BCUT2D eigenvalue weighted by atomic mass is 16.3. The zero-order valence-corrected chi connectivity index (χ0v) is 10.1. The van der Waals surface area contributed by atoms with Crippen LogP contribution in [0.4, 0.5) is 11.5 Å². The second kappa shape index (κ2) is 4.79. The molecule has 0 aromatic carbocycles. The number of Topliss-reactive ketones (excluding diaryl/α,β-unsaturated/α-hetero) is 1. The van der Waals surface area contributed by atoms with E-state index in [0.29, 0.717) is 17.9 Å². The quantitative estimate of drug-likeness (QED) is 0.689. The molecule has 4 N–H and O–H groups in total. The van der Waals surface area contributed by atoms with Crippen molar-refractivity contribution < 1.29 is 9.90 Å². The van der Waals surface area contributed by atoms with Gasteiger partial charge < -0.3 is 20.7 Å². The third kappa shape index (κ3) is 2.44. The number of aromatic amines is 1. The first-order chi connectivity index (χ1) is 8.11. The molecule has 0 bridgehead atoms. The van der Waals surface area contributed by atoms with E-state index in [1.165, 1.54) is 0 Å². The van der Waals surface area contributed by atoms with Crippen LogP contribution >= 0.6 is 0 Å². The van der Waals surface area contributed by atoms with Crippen LogP contribution in [0.5, 0.6) is 0 Å². The highest BCUT2D eigenvalue weighted by Gasteiger charge is 2.22. The molecule has 5 heteroatoms. The van der Waals surface area contributed by atoms with E-state index in [1.54, 1.807) is 6.07 Å². The third-order valence-electron chi connectivity index (χ3n) is 3.22. The van der Waals surface area contributed by atoms with Crippen molar-refractivity contribution in [2.45, 2.75) is 32.3 Å². The summed E-state index contributed by atoms with van der Waals surface area (Å²) in [6.07, 6.45) is 1.73. The predicted octanol–water partition coefficient (Wildman–Crippen LogP) is 1.15. The van der Waals surface area contributed by atoms with Gasteiger partial charge in [0.25, 0.3) is 0 Å². The molecule has 1 aliphatic heterocycles. The van der Waals surface area contributed by atoms with Crippen LogP contribution in [0.15, 0.2) is 6.07 Å². The summed E-state index contributed by atoms with van der Waals surface area (Å²) in [5.74, 6) is 0.589. The lowest BCUT2D eigenvalue weighted by Gasteiger charge is -2.31. The first kappa shape index (κ1) is 12.0. The minimum atomic E-state index is -0.215. The maximum Gasteiger partial charge on any atom is 0.180 e. The number of carbonyl (C=O) groups is 1. The van der Waals surface area contributed by atoms with E-state index in [2.05, 4.69) is 9.88 Å². The fourth-order valence-corrected chi connectivity index (χ4v) is 2.21. The summed E-state index contributed by atoms with van der Waals surface area (Å²) in [5.41, 5.74) is 7.20. The van der Waals surface area contributed by atoms with E-state index in [9.17, 15) is 9.90 Å². The summed E-state index contributed by atoms with van der Waals surface area (Å²) in [5, 5.41) is 9.48. The Morgan fingerprint density at radius 3 is 2.82 bits per heavy atom. The van der Waals surface area contributed by atoms with Gasteiger partial charge in [-0.1, -0.05) is 6.92 Å². The van der Waals surface area contributed by atoms with Gasteiger partial charge in [-0.25, -0.2) is 0 Å². The first-order valence-electron chi connectivity index (χ1n) is 6.06. The molecule has 2 rings (SSSR count). The highest BCUT2D eigenvalue weighted by Crippen LogP contribution is 2.27. The van der Waals surface area contributed by atoms with E-state index in [1.807, 2.05) is 6.92 Å². The second-order valence-corrected chi connectivity index (χ2v) is 4.48. The number of aliphatic hydroxyl groups is 1. The smallest absolute Gasteiger partial charge is 0.180 e. The Kier molecular flexibility index (Phi) is 3.38. The molecule has 0 amide bonds. The molecular weight excluding hydrogens is 218 g/mol. The van der Waals surface area contributed by atoms with Crippen LogP contribution in [0, 0.1) is 0 Å². The van der Waals surface area contributed by atoms with Crippen molar-refractivity contribution in [2.75, 3.05) is 23.7 Å². The summed E-state index contributed by atoms with van der Waals surface area (Å²) in [4.78, 5) is 16.8. The molecule has 1 fully saturated rings. The Morgan fingerprint density at radius 2 is 2.24 bits per heavy atom. The lowest BCUT2D eigenvalue weighted by atomic mass is 10.1. The topological polar surface area (TPSA) is 82.3 Å². The molecule has 5 nitrogen and oxygen atoms in total. The maximum atomic E-state index is 11.8. The zero-order valence-electron chi connectivity index (χ0n) is 10.1. The highest BCUT2D eigenvalue weighted by molar-refractivity contribution is 6.00. The molecule has 0 atom stereocenters. The van der Waals surface area contributed by atoms with E-state index < -0.39 is 0 Å². The number of piperidine rings is 1. The van der Waals surface area contributed by atoms with Gasteiger partial charge in [0, 0.05) is 25.6 Å². The van der Waals surface area contributed by atoms with Gasteiger partial charge in [0.2, 0.25) is 0 Å². The molecule has 0 aliphatic carbocycles. The first-order valence-corrected chi connectivity index (χ1v) is 6.06. The van der Waals surface area contributed by atoms with E-state index in [4.69, 9.17) is 5.73 Å². The number of rotatable bonds is 3. The molecule has 0 spiro atoms. The summed E-state index contributed by atoms with van der Waals surface area (Å²) in [6, 6.07) is 1.81. The number of nitrogens with two attached hydrogens (primary N) is 1. The van der Waals surface area contributed by atoms with Gasteiger partial charge in [-0.15, -0.1) is 0 Å². The molecule has 1 saturated heterocycles. The Balaban J connectivity index is 2.22. The SMILES string of the molecule is CCC(=O)c1[nH]c(N)cc1N1CCC(O)CC1. The number of nitrogens with zero attached hydrogens (tertiary/aromatic N) is 1. The number of ketones is 1. The molecule has 1 aromatic heterocycles. The number of anilines is 2. The van der Waals surface area contributed by atoms with E-state index in [0.717, 1.165) is 31.6 Å². The molecule has 2 heterocycles. The maximum absolute atomic E-state index is 11.8. The lowest BCUT2D eigenvalue weighted by Crippen LogP contribution is -2.36. The van der Waals surface area contributed by atoms with Crippen molar-refractivity contribution in [3.05, 3.63) is 11.8 Å². The van der Waals surface area contributed by atoms with E-state index >= 15 is 0 Å². The fraction of sp³-hybridized carbons (Fsp3) is 0.583. The predicted molar refractivity (Wildman–Crippen MR) is 67.3 cm³/mol. The molecule has 0 saturated carbocycles. The van der Waals surface area contributed by atoms with Crippen LogP contribution in [-0.4, -0.2) is 35.1 Å². The summed E-state index contributed by atoms with van der Waals surface area (Å²) >= 11 is 0. The van der Waals surface area contributed by atoms with Crippen molar-refractivity contribution in [3.8, 4) is 0 Å². The van der Waals surface area contributed by atoms with Crippen LogP contribution < -0.4 is 10.6 Å². The summed E-state index contributed by atoms with van der Waals surface area (Å²) < 4.78 is 0. The van der Waals surface area contributed by atoms with Gasteiger partial charge in [-0.2, -0.15) is 0 Å². The van der Waals surface area contributed by atoms with Crippen molar-refractivity contribution in [3.63, 3.8) is 0 Å². The zero-order chi connectivity index (χ0) is 12.4. The van der Waals surface area contributed by atoms with Gasteiger partial charge >= 0.3 is 0 Å². The fourth-order valence-electron chi connectivity index (χ4n) is 2.21. The minimum absolute atomic E-state index is 0.0721. The lowest BCUT2D eigenvalue weighted by molar-refractivity contribution is 0.0984. The molecule has 0 unspecified atom stereocenters. The van der Waals surface area contributed by atoms with Crippen molar-refractivity contribution in [1.29, 1.82) is 0 Å². The molecule has 1 aliphatic rings. The van der Waals surface area contributed by atoms with Crippen LogP contribution in [0.3, 0.4) is 0 Å². The van der Waals surface area contributed by atoms with Gasteiger partial charge in [-0.3, -0.25) is 4.79 Å². The Labute approximate surface area is 101 Å². The van der Waals surface area contributed by atoms with Crippen LogP contribution in [0.25, 0.3) is 0 Å². The minimum Gasteiger partial charge on any atom is -0.393 e.